The minimum Gasteiger partial charge on any atom is -0.484 e. The fourth-order valence-electron chi connectivity index (χ4n) is 3.43. The largest absolute Gasteiger partial charge is 0.484 e. The van der Waals surface area contributed by atoms with E-state index in [0.29, 0.717) is 5.75 Å². The van der Waals surface area contributed by atoms with Gasteiger partial charge in [-0.15, -0.1) is 0 Å². The molecule has 4 N–H and O–H groups in total. The fraction of sp³-hybridized carbons (Fsp3) is 0.619. The van der Waals surface area contributed by atoms with Crippen molar-refractivity contribution >= 4 is 11.9 Å². The maximum atomic E-state index is 10.7. The Morgan fingerprint density at radius 3 is 2.68 bits per heavy atom. The highest BCUT2D eigenvalue weighted by molar-refractivity contribution is 5.79. The van der Waals surface area contributed by atoms with Gasteiger partial charge >= 0.3 is 0 Å². The zero-order valence-corrected chi connectivity index (χ0v) is 17.2. The van der Waals surface area contributed by atoms with E-state index in [0.717, 1.165) is 44.5 Å². The highest BCUT2D eigenvalue weighted by Gasteiger charge is 2.17. The summed E-state index contributed by atoms with van der Waals surface area (Å²) in [5, 5.41) is 6.75. The number of nitrogens with two attached hydrogens (primary N) is 1. The Balaban J connectivity index is 1.60. The summed E-state index contributed by atoms with van der Waals surface area (Å²) in [6.07, 6.45) is 6.03. The number of likely N-dealkylation sites (tertiary alicyclic amines) is 1. The van der Waals surface area contributed by atoms with Gasteiger partial charge in [-0.2, -0.15) is 0 Å². The molecule has 7 nitrogen and oxygen atoms in total. The quantitative estimate of drug-likeness (QED) is 0.321. The molecular weight excluding hydrogens is 354 g/mol. The molecule has 1 saturated heterocycles. The van der Waals surface area contributed by atoms with Crippen molar-refractivity contribution in [2.75, 3.05) is 39.8 Å². The first-order valence-electron chi connectivity index (χ1n) is 10.3. The van der Waals surface area contributed by atoms with E-state index in [1.165, 1.54) is 31.4 Å². The van der Waals surface area contributed by atoms with Crippen LogP contribution in [0.1, 0.15) is 38.2 Å². The number of primary amides is 1. The van der Waals surface area contributed by atoms with Gasteiger partial charge in [0.2, 0.25) is 0 Å². The van der Waals surface area contributed by atoms with Crippen LogP contribution < -0.4 is 21.1 Å². The van der Waals surface area contributed by atoms with Crippen molar-refractivity contribution in [1.82, 2.24) is 15.5 Å². The molecule has 0 bridgehead atoms. The van der Waals surface area contributed by atoms with Gasteiger partial charge in [-0.05, 0) is 56.8 Å². The summed E-state index contributed by atoms with van der Waals surface area (Å²) in [5.41, 5.74) is 6.26. The summed E-state index contributed by atoms with van der Waals surface area (Å²) in [6, 6.07) is 8.42. The summed E-state index contributed by atoms with van der Waals surface area (Å²) in [6.45, 7) is 6.35. The van der Waals surface area contributed by atoms with Crippen molar-refractivity contribution in [2.45, 2.75) is 45.1 Å². The van der Waals surface area contributed by atoms with Gasteiger partial charge in [0.25, 0.3) is 5.91 Å². The molecule has 1 amide bonds. The van der Waals surface area contributed by atoms with E-state index in [1.54, 1.807) is 7.05 Å². The van der Waals surface area contributed by atoms with Crippen molar-refractivity contribution in [3.63, 3.8) is 0 Å². The van der Waals surface area contributed by atoms with Gasteiger partial charge in [0.1, 0.15) is 5.75 Å². The molecule has 0 aliphatic carbocycles. The lowest BCUT2D eigenvalue weighted by molar-refractivity contribution is -0.119. The molecular formula is C21H35N5O2. The lowest BCUT2D eigenvalue weighted by Crippen LogP contribution is -2.41. The number of carbonyl (C=O) groups excluding carboxylic acids is 1. The Morgan fingerprint density at radius 1 is 1.25 bits per heavy atom. The molecule has 156 valence electrons. The molecule has 1 unspecified atom stereocenters. The first-order chi connectivity index (χ1) is 13.6. The zero-order valence-electron chi connectivity index (χ0n) is 17.2. The smallest absolute Gasteiger partial charge is 0.255 e. The summed E-state index contributed by atoms with van der Waals surface area (Å²) >= 11 is 0. The van der Waals surface area contributed by atoms with Crippen LogP contribution in [0.3, 0.4) is 0 Å². The van der Waals surface area contributed by atoms with E-state index in [1.807, 2.05) is 24.3 Å². The van der Waals surface area contributed by atoms with Crippen LogP contribution in [-0.4, -0.2) is 62.6 Å². The van der Waals surface area contributed by atoms with E-state index in [2.05, 4.69) is 27.4 Å². The Morgan fingerprint density at radius 2 is 2.00 bits per heavy atom. The highest BCUT2D eigenvalue weighted by atomic mass is 16.5. The van der Waals surface area contributed by atoms with Gasteiger partial charge in [-0.25, -0.2) is 0 Å². The molecule has 1 aliphatic heterocycles. The SMILES string of the molecule is CN=C(NCCCN1CCCCC1C)NCCc1ccc(OCC(N)=O)cc1. The topological polar surface area (TPSA) is 92.0 Å². The number of ether oxygens (including phenoxy) is 1. The maximum Gasteiger partial charge on any atom is 0.255 e. The van der Waals surface area contributed by atoms with E-state index >= 15 is 0 Å². The van der Waals surface area contributed by atoms with Crippen LogP contribution in [0.15, 0.2) is 29.3 Å². The van der Waals surface area contributed by atoms with Gasteiger partial charge < -0.3 is 26.0 Å². The van der Waals surface area contributed by atoms with Crippen LogP contribution in [0.5, 0.6) is 5.75 Å². The third kappa shape index (κ3) is 8.17. The first kappa shape index (κ1) is 22.0. The van der Waals surface area contributed by atoms with Gasteiger partial charge in [0, 0.05) is 32.7 Å². The second-order valence-electron chi connectivity index (χ2n) is 7.31. The zero-order chi connectivity index (χ0) is 20.2. The van der Waals surface area contributed by atoms with Crippen LogP contribution in [-0.2, 0) is 11.2 Å². The van der Waals surface area contributed by atoms with Crippen LogP contribution in [0.2, 0.25) is 0 Å². The molecule has 0 spiro atoms. The number of benzene rings is 1. The molecule has 1 aromatic rings. The molecule has 28 heavy (non-hydrogen) atoms. The number of guanidine groups is 1. The van der Waals surface area contributed by atoms with Crippen molar-refractivity contribution in [3.8, 4) is 5.75 Å². The molecule has 1 aliphatic rings. The molecule has 1 aromatic carbocycles. The fourth-order valence-corrected chi connectivity index (χ4v) is 3.43. The second kappa shape index (κ2) is 12.2. The van der Waals surface area contributed by atoms with E-state index in [-0.39, 0.29) is 6.61 Å². The van der Waals surface area contributed by atoms with Gasteiger partial charge in [-0.1, -0.05) is 18.6 Å². The number of hydrogen-bond donors (Lipinski definition) is 3. The summed E-state index contributed by atoms with van der Waals surface area (Å²) in [7, 11) is 1.80. The number of carbonyl (C=O) groups is 1. The van der Waals surface area contributed by atoms with Crippen LogP contribution in [0.4, 0.5) is 0 Å². The Hall–Kier alpha value is -2.28. The van der Waals surface area contributed by atoms with E-state index in [9.17, 15) is 4.79 Å². The highest BCUT2D eigenvalue weighted by Crippen LogP contribution is 2.16. The average molecular weight is 390 g/mol. The van der Waals surface area contributed by atoms with Crippen molar-refractivity contribution < 1.29 is 9.53 Å². The minimum atomic E-state index is -0.474. The monoisotopic (exact) mass is 389 g/mol. The summed E-state index contributed by atoms with van der Waals surface area (Å²) in [4.78, 5) is 17.6. The van der Waals surface area contributed by atoms with Gasteiger partial charge in [-0.3, -0.25) is 9.79 Å². The summed E-state index contributed by atoms with van der Waals surface area (Å²) < 4.78 is 5.27. The van der Waals surface area contributed by atoms with Crippen molar-refractivity contribution in [2.24, 2.45) is 10.7 Å². The number of nitrogens with one attached hydrogen (secondary N) is 2. The predicted octanol–water partition coefficient (Wildman–Crippen LogP) is 1.52. The average Bonchev–Trinajstić information content (AvgIpc) is 2.70. The predicted molar refractivity (Wildman–Crippen MR) is 114 cm³/mol. The maximum absolute atomic E-state index is 10.7. The number of aliphatic imine (C=N–C) groups is 1. The van der Waals surface area contributed by atoms with Crippen LogP contribution in [0, 0.1) is 0 Å². The van der Waals surface area contributed by atoms with E-state index in [4.69, 9.17) is 10.5 Å². The molecule has 1 heterocycles. The van der Waals surface area contributed by atoms with Crippen molar-refractivity contribution in [3.05, 3.63) is 29.8 Å². The molecule has 2 rings (SSSR count). The third-order valence-corrected chi connectivity index (χ3v) is 5.09. The number of piperidine rings is 1. The first-order valence-corrected chi connectivity index (χ1v) is 10.3. The number of nitrogens with zero attached hydrogens (tertiary/aromatic N) is 2. The minimum absolute atomic E-state index is 0.0977. The van der Waals surface area contributed by atoms with Crippen LogP contribution >= 0.6 is 0 Å². The summed E-state index contributed by atoms with van der Waals surface area (Å²) in [5.74, 6) is 1.02. The van der Waals surface area contributed by atoms with Gasteiger partial charge in [0.15, 0.2) is 12.6 Å². The molecule has 1 fully saturated rings. The Kier molecular flexibility index (Phi) is 9.62. The molecule has 0 aromatic heterocycles. The van der Waals surface area contributed by atoms with Gasteiger partial charge in [0.05, 0.1) is 0 Å². The number of hydrogen-bond acceptors (Lipinski definition) is 4. The second-order valence-corrected chi connectivity index (χ2v) is 7.31. The molecule has 0 radical (unpaired) electrons. The molecule has 0 saturated carbocycles. The Labute approximate surface area is 168 Å². The number of rotatable bonds is 10. The normalized spacial score (nSPS) is 17.9. The van der Waals surface area contributed by atoms with Crippen molar-refractivity contribution in [1.29, 1.82) is 0 Å². The molecule has 7 heteroatoms. The Bertz CT molecular complexity index is 618. The standard InChI is InChI=1S/C21H35N5O2/c1-17-6-3-4-14-26(17)15-5-12-24-21(23-2)25-13-11-18-7-9-19(10-8-18)28-16-20(22)27/h7-10,17H,3-6,11-16H2,1-2H3,(H2,22,27)(H2,23,24,25). The number of amides is 1. The lowest BCUT2D eigenvalue weighted by atomic mass is 10.0. The van der Waals surface area contributed by atoms with Crippen LogP contribution in [0.25, 0.3) is 0 Å². The lowest BCUT2D eigenvalue weighted by Gasteiger charge is -2.33. The molecule has 1 atom stereocenters. The third-order valence-electron chi connectivity index (χ3n) is 5.09. The van der Waals surface area contributed by atoms with E-state index < -0.39 is 5.91 Å².